The Morgan fingerprint density at radius 3 is 2.42 bits per heavy atom. The van der Waals surface area contributed by atoms with Crippen LogP contribution in [0.3, 0.4) is 0 Å². The van der Waals surface area contributed by atoms with E-state index in [9.17, 15) is 17.2 Å². The number of sulfonamides is 1. The molecule has 1 aromatic heterocycles. The van der Waals surface area contributed by atoms with Crippen LogP contribution in [0.15, 0.2) is 82.4 Å². The monoisotopic (exact) mass is 373 g/mol. The van der Waals surface area contributed by atoms with Gasteiger partial charge in [0.25, 0.3) is 10.0 Å². The molecule has 3 aromatic rings. The summed E-state index contributed by atoms with van der Waals surface area (Å²) >= 11 is 0. The standard InChI is InChI=1S/C18H13F2N3O2S/c19-14-8-9-17(16(20)11-14)26(24,25)23-18(13-5-2-1-3-6-13)22-15-7-4-10-21-12-15/h1-12H,(H,22,23). The second-order valence-electron chi connectivity index (χ2n) is 5.22. The van der Waals surface area contributed by atoms with Crippen molar-refractivity contribution in [3.05, 3.63) is 90.3 Å². The summed E-state index contributed by atoms with van der Waals surface area (Å²) in [7, 11) is -4.41. The summed E-state index contributed by atoms with van der Waals surface area (Å²) in [6, 6.07) is 14.0. The minimum Gasteiger partial charge on any atom is -0.338 e. The first-order valence-electron chi connectivity index (χ1n) is 7.48. The molecule has 3 rings (SSSR count). The minimum atomic E-state index is -4.41. The molecule has 26 heavy (non-hydrogen) atoms. The third-order valence-electron chi connectivity index (χ3n) is 3.35. The second-order valence-corrected chi connectivity index (χ2v) is 6.79. The van der Waals surface area contributed by atoms with Crippen LogP contribution >= 0.6 is 0 Å². The first-order chi connectivity index (χ1) is 12.5. The molecule has 0 radical (unpaired) electrons. The van der Waals surface area contributed by atoms with E-state index in [4.69, 9.17) is 0 Å². The summed E-state index contributed by atoms with van der Waals surface area (Å²) < 4.78 is 55.8. The van der Waals surface area contributed by atoms with Crippen molar-refractivity contribution >= 4 is 21.5 Å². The van der Waals surface area contributed by atoms with E-state index in [0.29, 0.717) is 17.3 Å². The third kappa shape index (κ3) is 4.09. The quantitative estimate of drug-likeness (QED) is 0.560. The average Bonchev–Trinajstić information content (AvgIpc) is 2.62. The molecule has 0 atom stereocenters. The fraction of sp³-hybridized carbons (Fsp3) is 0. The number of hydrogen-bond acceptors (Lipinski definition) is 3. The van der Waals surface area contributed by atoms with Gasteiger partial charge >= 0.3 is 0 Å². The van der Waals surface area contributed by atoms with Crippen molar-refractivity contribution in [2.24, 2.45) is 4.40 Å². The van der Waals surface area contributed by atoms with Gasteiger partial charge in [-0.05, 0) is 24.3 Å². The summed E-state index contributed by atoms with van der Waals surface area (Å²) in [5.74, 6) is -2.09. The Balaban J connectivity index is 2.08. The molecule has 5 nitrogen and oxygen atoms in total. The maximum Gasteiger partial charge on any atom is 0.287 e. The fourth-order valence-corrected chi connectivity index (χ4v) is 3.21. The lowest BCUT2D eigenvalue weighted by Crippen LogP contribution is -2.17. The van der Waals surface area contributed by atoms with E-state index in [1.807, 2.05) is 0 Å². The zero-order valence-corrected chi connectivity index (χ0v) is 14.1. The van der Waals surface area contributed by atoms with Crippen molar-refractivity contribution < 1.29 is 17.2 Å². The fourth-order valence-electron chi connectivity index (χ4n) is 2.17. The highest BCUT2D eigenvalue weighted by atomic mass is 32.2. The Hall–Kier alpha value is -3.13. The molecule has 2 aromatic carbocycles. The minimum absolute atomic E-state index is 0.0117. The van der Waals surface area contributed by atoms with Gasteiger partial charge in [-0.2, -0.15) is 8.42 Å². The number of anilines is 1. The lowest BCUT2D eigenvalue weighted by Gasteiger charge is -2.10. The van der Waals surface area contributed by atoms with E-state index in [1.165, 1.54) is 6.20 Å². The zero-order valence-electron chi connectivity index (χ0n) is 13.3. The molecular weight excluding hydrogens is 360 g/mol. The lowest BCUT2D eigenvalue weighted by molar-refractivity contribution is 0.550. The van der Waals surface area contributed by atoms with Crippen LogP contribution in [0.1, 0.15) is 5.56 Å². The van der Waals surface area contributed by atoms with E-state index in [-0.39, 0.29) is 5.84 Å². The molecule has 0 saturated heterocycles. The topological polar surface area (TPSA) is 71.4 Å². The highest BCUT2D eigenvalue weighted by Gasteiger charge is 2.20. The predicted molar refractivity (Wildman–Crippen MR) is 94.4 cm³/mol. The van der Waals surface area contributed by atoms with Gasteiger partial charge in [0.15, 0.2) is 5.84 Å². The van der Waals surface area contributed by atoms with E-state index in [1.54, 1.807) is 48.7 Å². The van der Waals surface area contributed by atoms with Crippen LogP contribution in [0, 0.1) is 11.6 Å². The van der Waals surface area contributed by atoms with Gasteiger partial charge in [-0.15, -0.1) is 4.40 Å². The van der Waals surface area contributed by atoms with Gasteiger partial charge in [0.1, 0.15) is 16.5 Å². The number of aromatic nitrogens is 1. The Morgan fingerprint density at radius 2 is 1.77 bits per heavy atom. The third-order valence-corrected chi connectivity index (χ3v) is 4.66. The van der Waals surface area contributed by atoms with Crippen LogP contribution in [0.5, 0.6) is 0 Å². The van der Waals surface area contributed by atoms with Crippen LogP contribution in [0.2, 0.25) is 0 Å². The van der Waals surface area contributed by atoms with Crippen LogP contribution in [0.4, 0.5) is 14.5 Å². The normalized spacial score (nSPS) is 12.0. The molecule has 0 aliphatic heterocycles. The summed E-state index contributed by atoms with van der Waals surface area (Å²) in [5, 5.41) is 2.86. The van der Waals surface area contributed by atoms with E-state index in [0.717, 1.165) is 12.1 Å². The number of nitrogens with zero attached hydrogens (tertiary/aromatic N) is 2. The van der Waals surface area contributed by atoms with Gasteiger partial charge in [-0.25, -0.2) is 8.78 Å². The van der Waals surface area contributed by atoms with Crippen LogP contribution in [-0.4, -0.2) is 19.2 Å². The van der Waals surface area contributed by atoms with Gasteiger partial charge in [-0.1, -0.05) is 30.3 Å². The van der Waals surface area contributed by atoms with Crippen molar-refractivity contribution in [3.63, 3.8) is 0 Å². The Kier molecular flexibility index (Phi) is 5.04. The summed E-state index contributed by atoms with van der Waals surface area (Å²) in [6.45, 7) is 0. The van der Waals surface area contributed by atoms with E-state index >= 15 is 0 Å². The first-order valence-corrected chi connectivity index (χ1v) is 8.92. The molecule has 0 amide bonds. The molecule has 0 saturated carbocycles. The molecule has 1 heterocycles. The van der Waals surface area contributed by atoms with Crippen LogP contribution in [0.25, 0.3) is 0 Å². The smallest absolute Gasteiger partial charge is 0.287 e. The van der Waals surface area contributed by atoms with Crippen molar-refractivity contribution in [2.45, 2.75) is 4.90 Å². The molecule has 1 N–H and O–H groups in total. The number of pyridine rings is 1. The zero-order chi connectivity index (χ0) is 18.6. The Labute approximate surface area is 149 Å². The molecule has 132 valence electrons. The summed E-state index contributed by atoms with van der Waals surface area (Å²) in [4.78, 5) is 3.23. The van der Waals surface area contributed by atoms with Crippen molar-refractivity contribution in [1.29, 1.82) is 0 Å². The number of halogens is 2. The highest BCUT2D eigenvalue weighted by molar-refractivity contribution is 7.90. The van der Waals surface area contributed by atoms with Gasteiger partial charge < -0.3 is 5.32 Å². The molecular formula is C18H13F2N3O2S. The Bertz CT molecular complexity index is 1040. The maximum atomic E-state index is 13.9. The van der Waals surface area contributed by atoms with Gasteiger partial charge in [0, 0.05) is 17.8 Å². The largest absolute Gasteiger partial charge is 0.338 e. The molecule has 0 fully saturated rings. The Morgan fingerprint density at radius 1 is 1.00 bits per heavy atom. The molecule has 0 spiro atoms. The van der Waals surface area contributed by atoms with Crippen molar-refractivity contribution in [3.8, 4) is 0 Å². The predicted octanol–water partition coefficient (Wildman–Crippen LogP) is 3.61. The molecule has 0 aliphatic rings. The number of rotatable bonds is 4. The number of hydrogen-bond donors (Lipinski definition) is 1. The molecule has 0 bridgehead atoms. The molecule has 0 unspecified atom stereocenters. The van der Waals surface area contributed by atoms with E-state index in [2.05, 4.69) is 14.7 Å². The molecule has 0 aliphatic carbocycles. The number of amidine groups is 1. The summed E-state index contributed by atoms with van der Waals surface area (Å²) in [6.07, 6.45) is 3.05. The van der Waals surface area contributed by atoms with Crippen molar-refractivity contribution in [2.75, 3.05) is 5.32 Å². The average molecular weight is 373 g/mol. The van der Waals surface area contributed by atoms with Crippen LogP contribution < -0.4 is 5.32 Å². The number of nitrogens with one attached hydrogen (secondary N) is 1. The maximum absolute atomic E-state index is 13.9. The van der Waals surface area contributed by atoms with Gasteiger partial charge in [-0.3, -0.25) is 4.98 Å². The lowest BCUT2D eigenvalue weighted by atomic mass is 10.2. The molecule has 8 heteroatoms. The van der Waals surface area contributed by atoms with Crippen molar-refractivity contribution in [1.82, 2.24) is 4.98 Å². The van der Waals surface area contributed by atoms with E-state index < -0.39 is 26.6 Å². The number of benzene rings is 2. The van der Waals surface area contributed by atoms with Gasteiger partial charge in [0.05, 0.1) is 11.9 Å². The highest BCUT2D eigenvalue weighted by Crippen LogP contribution is 2.19. The SMILES string of the molecule is O=S(=O)(/N=C(/Nc1cccnc1)c1ccccc1)c1ccc(F)cc1F. The second kappa shape index (κ2) is 7.40. The summed E-state index contributed by atoms with van der Waals surface area (Å²) in [5.41, 5.74) is 0.979. The van der Waals surface area contributed by atoms with Gasteiger partial charge in [0.2, 0.25) is 0 Å². The van der Waals surface area contributed by atoms with Crippen LogP contribution in [-0.2, 0) is 10.0 Å². The first kappa shape index (κ1) is 17.7.